The van der Waals surface area contributed by atoms with Gasteiger partial charge in [-0.05, 0) is 57.3 Å². The van der Waals surface area contributed by atoms with Gasteiger partial charge in [0.2, 0.25) is 5.91 Å². The van der Waals surface area contributed by atoms with E-state index >= 15 is 0 Å². The molecule has 0 aromatic carbocycles. The number of aromatic nitrogens is 3. The third kappa shape index (κ3) is 4.60. The number of carbonyl (C=O) groups excluding carboxylic acids is 1. The maximum atomic E-state index is 12.9. The van der Waals surface area contributed by atoms with Gasteiger partial charge in [-0.25, -0.2) is 0 Å². The molecule has 6 nitrogen and oxygen atoms in total. The van der Waals surface area contributed by atoms with E-state index in [1.54, 1.807) is 0 Å². The number of amides is 1. The van der Waals surface area contributed by atoms with Gasteiger partial charge in [0.1, 0.15) is 5.82 Å². The SMILES string of the molecule is C[C@@H](NC(=O)C1CC2CCCC(C1)C2N)c1nnc2n1CCCCC2.Cl.Cl. The van der Waals surface area contributed by atoms with Crippen LogP contribution in [0, 0.1) is 17.8 Å². The molecule has 8 heteroatoms. The first kappa shape index (κ1) is 22.4. The number of hydrogen-bond donors (Lipinski definition) is 2. The summed E-state index contributed by atoms with van der Waals surface area (Å²) in [5.74, 6) is 3.35. The Bertz CT molecular complexity index is 624. The number of aryl methyl sites for hydroxylation is 1. The number of halogens is 2. The lowest BCUT2D eigenvalue weighted by molar-refractivity contribution is -0.128. The van der Waals surface area contributed by atoms with E-state index in [4.69, 9.17) is 5.73 Å². The molecule has 2 fully saturated rings. The Balaban J connectivity index is 0.00000131. The zero-order valence-corrected chi connectivity index (χ0v) is 17.7. The normalized spacial score (nSPS) is 30.7. The minimum atomic E-state index is -0.0812. The van der Waals surface area contributed by atoms with Crippen LogP contribution in [0.15, 0.2) is 0 Å². The van der Waals surface area contributed by atoms with Gasteiger partial charge in [-0.3, -0.25) is 4.79 Å². The molecule has 2 aliphatic carbocycles. The van der Waals surface area contributed by atoms with Crippen molar-refractivity contribution in [3.8, 4) is 0 Å². The highest BCUT2D eigenvalue weighted by Gasteiger charge is 2.40. The minimum absolute atomic E-state index is 0. The summed E-state index contributed by atoms with van der Waals surface area (Å²) in [7, 11) is 0. The summed E-state index contributed by atoms with van der Waals surface area (Å²) in [6.07, 6.45) is 10.2. The van der Waals surface area contributed by atoms with Gasteiger partial charge in [-0.1, -0.05) is 12.8 Å². The fourth-order valence-electron chi connectivity index (χ4n) is 5.23. The molecule has 0 saturated heterocycles. The molecule has 4 rings (SSSR count). The molecule has 0 spiro atoms. The summed E-state index contributed by atoms with van der Waals surface area (Å²) < 4.78 is 2.23. The molecule has 27 heavy (non-hydrogen) atoms. The molecule has 2 heterocycles. The van der Waals surface area contributed by atoms with Crippen molar-refractivity contribution in [2.75, 3.05) is 0 Å². The fraction of sp³-hybridized carbons (Fsp3) is 0.842. The molecule has 3 N–H and O–H groups in total. The third-order valence-corrected chi connectivity index (χ3v) is 6.67. The van der Waals surface area contributed by atoms with Gasteiger partial charge < -0.3 is 15.6 Å². The average molecular weight is 418 g/mol. The van der Waals surface area contributed by atoms with Crippen LogP contribution in [0.1, 0.15) is 76.0 Å². The van der Waals surface area contributed by atoms with E-state index in [1.165, 1.54) is 38.5 Å². The lowest BCUT2D eigenvalue weighted by Crippen LogP contribution is -2.49. The topological polar surface area (TPSA) is 85.8 Å². The zero-order chi connectivity index (χ0) is 17.4. The number of hydrogen-bond acceptors (Lipinski definition) is 4. The van der Waals surface area contributed by atoms with Gasteiger partial charge in [-0.15, -0.1) is 35.0 Å². The summed E-state index contributed by atoms with van der Waals surface area (Å²) in [6.45, 7) is 3.01. The van der Waals surface area contributed by atoms with Crippen molar-refractivity contribution in [3.63, 3.8) is 0 Å². The number of fused-ring (bicyclic) bond motifs is 3. The molecule has 154 valence electrons. The second-order valence-electron chi connectivity index (χ2n) is 8.36. The van der Waals surface area contributed by atoms with Crippen LogP contribution in [-0.2, 0) is 17.8 Å². The van der Waals surface area contributed by atoms with E-state index in [2.05, 4.69) is 20.1 Å². The predicted molar refractivity (Wildman–Crippen MR) is 110 cm³/mol. The Morgan fingerprint density at radius 1 is 1.11 bits per heavy atom. The third-order valence-electron chi connectivity index (χ3n) is 6.67. The minimum Gasteiger partial charge on any atom is -0.346 e. The molecule has 2 bridgehead atoms. The largest absolute Gasteiger partial charge is 0.346 e. The zero-order valence-electron chi connectivity index (χ0n) is 16.1. The summed E-state index contributed by atoms with van der Waals surface area (Å²) in [5.41, 5.74) is 6.36. The molecule has 1 aromatic rings. The molecule has 0 radical (unpaired) electrons. The summed E-state index contributed by atoms with van der Waals surface area (Å²) in [6, 6.07) is 0.227. The quantitative estimate of drug-likeness (QED) is 0.790. The van der Waals surface area contributed by atoms with E-state index in [0.29, 0.717) is 17.9 Å². The highest BCUT2D eigenvalue weighted by atomic mass is 35.5. The van der Waals surface area contributed by atoms with Crippen molar-refractivity contribution < 1.29 is 4.79 Å². The predicted octanol–water partition coefficient (Wildman–Crippen LogP) is 3.18. The van der Waals surface area contributed by atoms with Crippen molar-refractivity contribution in [1.82, 2.24) is 20.1 Å². The Morgan fingerprint density at radius 3 is 2.52 bits per heavy atom. The standard InChI is InChI=1S/C19H31N5O.2ClH/c1-12(18-23-22-16-8-3-2-4-9-24(16)18)21-19(25)15-10-13-6-5-7-14(11-15)17(13)20;;/h12-15,17H,2-11,20H2,1H3,(H,21,25);2*1H/t12-,13?,14?,15?,17?;;/m1../s1. The summed E-state index contributed by atoms with van der Waals surface area (Å²) in [5, 5.41) is 12.0. The van der Waals surface area contributed by atoms with Gasteiger partial charge in [0.05, 0.1) is 6.04 Å². The number of nitrogens with zero attached hydrogens (tertiary/aromatic N) is 3. The first-order chi connectivity index (χ1) is 12.1. The van der Waals surface area contributed by atoms with E-state index in [9.17, 15) is 4.79 Å². The molecular formula is C19H33Cl2N5O. The molecule has 3 aliphatic rings. The van der Waals surface area contributed by atoms with E-state index in [1.807, 2.05) is 6.92 Å². The van der Waals surface area contributed by atoms with Crippen LogP contribution in [0.3, 0.4) is 0 Å². The Hall–Kier alpha value is -0.850. The van der Waals surface area contributed by atoms with Gasteiger partial charge >= 0.3 is 0 Å². The molecule has 2 unspecified atom stereocenters. The van der Waals surface area contributed by atoms with Crippen molar-refractivity contribution in [3.05, 3.63) is 11.6 Å². The Kier molecular flexibility index (Phi) is 7.95. The smallest absolute Gasteiger partial charge is 0.223 e. The van der Waals surface area contributed by atoms with Crippen LogP contribution >= 0.6 is 24.8 Å². The first-order valence-corrected chi connectivity index (χ1v) is 10.1. The van der Waals surface area contributed by atoms with Crippen LogP contribution in [0.2, 0.25) is 0 Å². The summed E-state index contributed by atoms with van der Waals surface area (Å²) >= 11 is 0. The second kappa shape index (κ2) is 9.57. The van der Waals surface area contributed by atoms with Crippen LogP contribution in [0.25, 0.3) is 0 Å². The number of nitrogens with one attached hydrogen (secondary N) is 1. The van der Waals surface area contributed by atoms with Gasteiger partial charge in [0.15, 0.2) is 5.82 Å². The van der Waals surface area contributed by atoms with Crippen molar-refractivity contribution in [1.29, 1.82) is 0 Å². The molecular weight excluding hydrogens is 385 g/mol. The highest BCUT2D eigenvalue weighted by Crippen LogP contribution is 2.42. The van der Waals surface area contributed by atoms with Gasteiger partial charge in [0, 0.05) is 24.9 Å². The van der Waals surface area contributed by atoms with Crippen LogP contribution in [-0.4, -0.2) is 26.7 Å². The Morgan fingerprint density at radius 2 is 1.81 bits per heavy atom. The van der Waals surface area contributed by atoms with Gasteiger partial charge in [0.25, 0.3) is 0 Å². The fourth-order valence-corrected chi connectivity index (χ4v) is 5.23. The van der Waals surface area contributed by atoms with Crippen LogP contribution < -0.4 is 11.1 Å². The van der Waals surface area contributed by atoms with Crippen molar-refractivity contribution >= 4 is 30.7 Å². The van der Waals surface area contributed by atoms with Crippen LogP contribution in [0.4, 0.5) is 0 Å². The average Bonchev–Trinajstić information content (AvgIpc) is 2.83. The monoisotopic (exact) mass is 417 g/mol. The maximum Gasteiger partial charge on any atom is 0.223 e. The van der Waals surface area contributed by atoms with E-state index in [0.717, 1.165) is 37.5 Å². The molecule has 1 amide bonds. The van der Waals surface area contributed by atoms with Crippen LogP contribution in [0.5, 0.6) is 0 Å². The number of carbonyl (C=O) groups is 1. The van der Waals surface area contributed by atoms with Crippen molar-refractivity contribution in [2.45, 2.75) is 83.3 Å². The molecule has 1 aliphatic heterocycles. The second-order valence-corrected chi connectivity index (χ2v) is 8.36. The number of nitrogens with two attached hydrogens (primary N) is 1. The molecule has 2 saturated carbocycles. The highest BCUT2D eigenvalue weighted by molar-refractivity contribution is 5.85. The summed E-state index contributed by atoms with van der Waals surface area (Å²) in [4.78, 5) is 12.9. The van der Waals surface area contributed by atoms with Gasteiger partial charge in [-0.2, -0.15) is 0 Å². The molecule has 3 atom stereocenters. The van der Waals surface area contributed by atoms with E-state index in [-0.39, 0.29) is 42.7 Å². The lowest BCUT2D eigenvalue weighted by Gasteiger charge is -2.43. The maximum absolute atomic E-state index is 12.9. The van der Waals surface area contributed by atoms with E-state index < -0.39 is 0 Å². The first-order valence-electron chi connectivity index (χ1n) is 10.1. The molecule has 1 aromatic heterocycles. The lowest BCUT2D eigenvalue weighted by atomic mass is 9.65. The number of rotatable bonds is 3. The Labute approximate surface area is 174 Å². The van der Waals surface area contributed by atoms with Crippen molar-refractivity contribution in [2.24, 2.45) is 23.5 Å².